The van der Waals surface area contributed by atoms with Crippen LogP contribution in [-0.2, 0) is 16.9 Å². The SMILES string of the molecule is CNc1nnc(-c2c(O)cc(C)cc2F)c2c1C1(CC1)OC2. The van der Waals surface area contributed by atoms with Crippen molar-refractivity contribution in [2.45, 2.75) is 32.0 Å². The van der Waals surface area contributed by atoms with Crippen LogP contribution in [0.1, 0.15) is 29.5 Å². The van der Waals surface area contributed by atoms with E-state index in [0.717, 1.165) is 24.0 Å². The Hall–Kier alpha value is -2.21. The van der Waals surface area contributed by atoms with Gasteiger partial charge in [-0.3, -0.25) is 0 Å². The Balaban J connectivity index is 1.98. The Morgan fingerprint density at radius 3 is 2.73 bits per heavy atom. The third-order valence-electron chi connectivity index (χ3n) is 4.41. The van der Waals surface area contributed by atoms with Crippen molar-refractivity contribution in [2.24, 2.45) is 0 Å². The highest BCUT2D eigenvalue weighted by Crippen LogP contribution is 2.58. The van der Waals surface area contributed by atoms with Gasteiger partial charge in [-0.25, -0.2) is 4.39 Å². The molecular weight excluding hydrogens is 285 g/mol. The van der Waals surface area contributed by atoms with Gasteiger partial charge in [0.15, 0.2) is 5.82 Å². The maximum Gasteiger partial charge on any atom is 0.154 e. The molecular formula is C16H16FN3O2. The van der Waals surface area contributed by atoms with Crippen LogP contribution in [0.2, 0.25) is 0 Å². The number of nitrogens with zero attached hydrogens (tertiary/aromatic N) is 2. The largest absolute Gasteiger partial charge is 0.507 e. The van der Waals surface area contributed by atoms with E-state index in [0.29, 0.717) is 23.7 Å². The van der Waals surface area contributed by atoms with Gasteiger partial charge >= 0.3 is 0 Å². The van der Waals surface area contributed by atoms with Gasteiger partial charge in [-0.05, 0) is 37.5 Å². The van der Waals surface area contributed by atoms with E-state index in [9.17, 15) is 9.50 Å². The normalized spacial score (nSPS) is 17.6. The van der Waals surface area contributed by atoms with Crippen molar-refractivity contribution in [3.05, 3.63) is 34.6 Å². The lowest BCUT2D eigenvalue weighted by molar-refractivity contribution is 0.0446. The second kappa shape index (κ2) is 4.39. The standard InChI is InChI=1S/C16H16FN3O2/c1-8-5-10(17)12(11(21)6-8)14-9-7-22-16(3-4-16)13(9)15(18-2)20-19-14/h5-6,21H,3-4,7H2,1-2H3,(H,18,20). The van der Waals surface area contributed by atoms with E-state index in [4.69, 9.17) is 4.74 Å². The molecule has 5 nitrogen and oxygen atoms in total. The summed E-state index contributed by atoms with van der Waals surface area (Å²) in [5, 5.41) is 21.5. The second-order valence-corrected chi connectivity index (χ2v) is 5.92. The molecule has 1 aromatic carbocycles. The highest BCUT2D eigenvalue weighted by atomic mass is 19.1. The van der Waals surface area contributed by atoms with Crippen LogP contribution in [0.25, 0.3) is 11.3 Å². The molecule has 1 fully saturated rings. The lowest BCUT2D eigenvalue weighted by Gasteiger charge is -2.14. The Morgan fingerprint density at radius 1 is 1.32 bits per heavy atom. The van der Waals surface area contributed by atoms with E-state index < -0.39 is 5.82 Å². The van der Waals surface area contributed by atoms with E-state index in [1.54, 1.807) is 14.0 Å². The molecule has 22 heavy (non-hydrogen) atoms. The zero-order valence-electron chi connectivity index (χ0n) is 12.4. The number of aromatic nitrogens is 2. The summed E-state index contributed by atoms with van der Waals surface area (Å²) in [5.41, 5.74) is 2.60. The number of aryl methyl sites for hydroxylation is 1. The molecule has 0 atom stereocenters. The van der Waals surface area contributed by atoms with Gasteiger partial charge in [0.25, 0.3) is 0 Å². The predicted molar refractivity (Wildman–Crippen MR) is 79.1 cm³/mol. The zero-order valence-corrected chi connectivity index (χ0v) is 12.4. The average Bonchev–Trinajstić information content (AvgIpc) is 3.14. The zero-order chi connectivity index (χ0) is 15.5. The smallest absolute Gasteiger partial charge is 0.154 e. The van der Waals surface area contributed by atoms with Crippen LogP contribution < -0.4 is 5.32 Å². The molecule has 2 heterocycles. The first-order valence-electron chi connectivity index (χ1n) is 7.27. The van der Waals surface area contributed by atoms with Gasteiger partial charge < -0.3 is 15.2 Å². The number of rotatable bonds is 2. The predicted octanol–water partition coefficient (Wildman–Crippen LogP) is 2.86. The first kappa shape index (κ1) is 13.5. The number of anilines is 1. The number of halogens is 1. The first-order valence-corrected chi connectivity index (χ1v) is 7.27. The van der Waals surface area contributed by atoms with Gasteiger partial charge in [-0.1, -0.05) is 0 Å². The van der Waals surface area contributed by atoms with Crippen molar-refractivity contribution in [2.75, 3.05) is 12.4 Å². The third kappa shape index (κ3) is 1.73. The second-order valence-electron chi connectivity index (χ2n) is 5.92. The van der Waals surface area contributed by atoms with Crippen molar-refractivity contribution >= 4 is 5.82 Å². The highest BCUT2D eigenvalue weighted by Gasteiger charge is 2.53. The summed E-state index contributed by atoms with van der Waals surface area (Å²) in [4.78, 5) is 0. The topological polar surface area (TPSA) is 67.3 Å². The minimum Gasteiger partial charge on any atom is -0.507 e. The van der Waals surface area contributed by atoms with Crippen molar-refractivity contribution in [3.63, 3.8) is 0 Å². The summed E-state index contributed by atoms with van der Waals surface area (Å²) in [6.07, 6.45) is 1.87. The Bertz CT molecular complexity index is 764. The fourth-order valence-electron chi connectivity index (χ4n) is 3.23. The fourth-order valence-corrected chi connectivity index (χ4v) is 3.23. The van der Waals surface area contributed by atoms with Gasteiger partial charge in [0.2, 0.25) is 0 Å². The fraction of sp³-hybridized carbons (Fsp3) is 0.375. The average molecular weight is 301 g/mol. The van der Waals surface area contributed by atoms with E-state index in [1.807, 2.05) is 0 Å². The van der Waals surface area contributed by atoms with E-state index >= 15 is 0 Å². The number of ether oxygens (including phenoxy) is 1. The molecule has 4 rings (SSSR count). The summed E-state index contributed by atoms with van der Waals surface area (Å²) in [6.45, 7) is 2.09. The molecule has 1 spiro atoms. The van der Waals surface area contributed by atoms with E-state index in [1.165, 1.54) is 12.1 Å². The Kier molecular flexibility index (Phi) is 2.69. The van der Waals surface area contributed by atoms with Gasteiger partial charge in [0.05, 0.1) is 17.8 Å². The molecule has 1 aliphatic carbocycles. The first-order chi connectivity index (χ1) is 10.6. The van der Waals surface area contributed by atoms with Gasteiger partial charge in [0, 0.05) is 18.2 Å². The maximum absolute atomic E-state index is 14.4. The molecule has 0 saturated heterocycles. The quantitative estimate of drug-likeness (QED) is 0.893. The van der Waals surface area contributed by atoms with Crippen LogP contribution in [0.15, 0.2) is 12.1 Å². The van der Waals surface area contributed by atoms with E-state index in [-0.39, 0.29) is 16.9 Å². The van der Waals surface area contributed by atoms with Gasteiger partial charge in [0.1, 0.15) is 17.3 Å². The molecule has 2 aliphatic rings. The summed E-state index contributed by atoms with van der Waals surface area (Å²) in [5.74, 6) is 0.0478. The molecule has 1 aliphatic heterocycles. The summed E-state index contributed by atoms with van der Waals surface area (Å²) in [7, 11) is 1.78. The number of benzene rings is 1. The van der Waals surface area contributed by atoms with Gasteiger partial charge in [-0.2, -0.15) is 0 Å². The maximum atomic E-state index is 14.4. The number of phenols is 1. The lowest BCUT2D eigenvalue weighted by Crippen LogP contribution is -2.10. The van der Waals surface area contributed by atoms with Crippen LogP contribution in [0.3, 0.4) is 0 Å². The lowest BCUT2D eigenvalue weighted by atomic mass is 9.98. The van der Waals surface area contributed by atoms with Crippen LogP contribution in [0, 0.1) is 12.7 Å². The van der Waals surface area contributed by atoms with Crippen molar-refractivity contribution in [1.82, 2.24) is 10.2 Å². The molecule has 0 radical (unpaired) electrons. The Labute approximate surface area is 127 Å². The van der Waals surface area contributed by atoms with E-state index in [2.05, 4.69) is 15.5 Å². The summed E-state index contributed by atoms with van der Waals surface area (Å²) in [6, 6.07) is 2.92. The van der Waals surface area contributed by atoms with Crippen LogP contribution in [0.4, 0.5) is 10.2 Å². The molecule has 0 amide bonds. The molecule has 1 saturated carbocycles. The molecule has 6 heteroatoms. The molecule has 2 N–H and O–H groups in total. The van der Waals surface area contributed by atoms with Crippen LogP contribution in [0.5, 0.6) is 5.75 Å². The number of phenolic OH excluding ortho intramolecular Hbond substituents is 1. The van der Waals surface area contributed by atoms with Crippen LogP contribution in [-0.4, -0.2) is 22.4 Å². The van der Waals surface area contributed by atoms with Gasteiger partial charge in [-0.15, -0.1) is 10.2 Å². The minimum atomic E-state index is -0.497. The summed E-state index contributed by atoms with van der Waals surface area (Å²) < 4.78 is 20.3. The monoisotopic (exact) mass is 301 g/mol. The number of nitrogens with one attached hydrogen (secondary N) is 1. The number of hydrogen-bond donors (Lipinski definition) is 2. The van der Waals surface area contributed by atoms with Crippen molar-refractivity contribution in [1.29, 1.82) is 0 Å². The highest BCUT2D eigenvalue weighted by molar-refractivity contribution is 5.74. The van der Waals surface area contributed by atoms with Crippen molar-refractivity contribution < 1.29 is 14.2 Å². The minimum absolute atomic E-state index is 0.0957. The molecule has 0 unspecified atom stereocenters. The third-order valence-corrected chi connectivity index (χ3v) is 4.41. The molecule has 2 aromatic rings. The summed E-state index contributed by atoms with van der Waals surface area (Å²) >= 11 is 0. The molecule has 0 bridgehead atoms. The number of aromatic hydroxyl groups is 1. The molecule has 114 valence electrons. The number of fused-ring (bicyclic) bond motifs is 2. The van der Waals surface area contributed by atoms with Crippen molar-refractivity contribution in [3.8, 4) is 17.0 Å². The number of hydrogen-bond acceptors (Lipinski definition) is 5. The van der Waals surface area contributed by atoms with Crippen LogP contribution >= 0.6 is 0 Å². The Morgan fingerprint density at radius 2 is 2.09 bits per heavy atom. The molecule has 1 aromatic heterocycles.